The van der Waals surface area contributed by atoms with Crippen molar-refractivity contribution in [2.75, 3.05) is 5.73 Å². The van der Waals surface area contributed by atoms with Gasteiger partial charge < -0.3 is 5.73 Å². The van der Waals surface area contributed by atoms with Crippen molar-refractivity contribution in [3.05, 3.63) is 11.4 Å². The first kappa shape index (κ1) is 9.37. The molecule has 1 aromatic heterocycles. The minimum Gasteiger partial charge on any atom is -0.366 e. The number of anilines is 1. The molecule has 1 aromatic rings. The normalized spacial score (nSPS) is 20.5. The molecule has 1 atom stereocenters. The van der Waals surface area contributed by atoms with Gasteiger partial charge in [0.05, 0.1) is 11.4 Å². The molecular formula is C10H16N4. The molecule has 1 aliphatic rings. The van der Waals surface area contributed by atoms with Gasteiger partial charge in [-0.05, 0) is 25.2 Å². The first-order valence-corrected chi connectivity index (χ1v) is 5.27. The van der Waals surface area contributed by atoms with Gasteiger partial charge in [0.1, 0.15) is 0 Å². The van der Waals surface area contributed by atoms with Crippen molar-refractivity contribution in [3.8, 4) is 0 Å². The Bertz CT molecular complexity index is 324. The lowest BCUT2D eigenvalue weighted by Crippen LogP contribution is -2.18. The maximum atomic E-state index is 5.49. The van der Waals surface area contributed by atoms with E-state index in [1.54, 1.807) is 0 Å². The largest absolute Gasteiger partial charge is 0.366 e. The fourth-order valence-electron chi connectivity index (χ4n) is 2.12. The number of hydrogen-bond acceptors (Lipinski definition) is 4. The van der Waals surface area contributed by atoms with Crippen LogP contribution in [0.4, 0.5) is 5.95 Å². The van der Waals surface area contributed by atoms with Crippen LogP contribution in [0.25, 0.3) is 0 Å². The monoisotopic (exact) mass is 192 g/mol. The van der Waals surface area contributed by atoms with Crippen LogP contribution in [0.2, 0.25) is 0 Å². The molecule has 1 unspecified atom stereocenters. The number of nitrogens with two attached hydrogens (primary N) is 1. The molecule has 0 radical (unpaired) electrons. The molecule has 0 spiro atoms. The molecule has 0 aromatic carbocycles. The zero-order valence-electron chi connectivity index (χ0n) is 8.53. The van der Waals surface area contributed by atoms with Crippen molar-refractivity contribution >= 4 is 5.95 Å². The topological polar surface area (TPSA) is 64.7 Å². The van der Waals surface area contributed by atoms with Crippen LogP contribution in [0, 0.1) is 5.92 Å². The van der Waals surface area contributed by atoms with Crippen LogP contribution in [-0.2, 0) is 12.8 Å². The zero-order chi connectivity index (χ0) is 9.97. The van der Waals surface area contributed by atoms with Crippen LogP contribution in [-0.4, -0.2) is 15.2 Å². The Labute approximate surface area is 83.9 Å². The molecule has 4 heteroatoms. The van der Waals surface area contributed by atoms with Crippen molar-refractivity contribution in [2.45, 2.75) is 39.0 Å². The summed E-state index contributed by atoms with van der Waals surface area (Å²) in [5.74, 6) is 1.07. The minimum atomic E-state index is 0.303. The second-order valence-corrected chi connectivity index (χ2v) is 3.96. The predicted octanol–water partition coefficient (Wildman–Crippen LogP) is 1.36. The Morgan fingerprint density at radius 2 is 2.21 bits per heavy atom. The highest BCUT2D eigenvalue weighted by molar-refractivity contribution is 5.21. The summed E-state index contributed by atoms with van der Waals surface area (Å²) in [6.07, 6.45) is 5.80. The van der Waals surface area contributed by atoms with Crippen LogP contribution >= 0.6 is 0 Å². The third kappa shape index (κ3) is 1.84. The first-order valence-electron chi connectivity index (χ1n) is 5.27. The molecule has 2 rings (SSSR count). The van der Waals surface area contributed by atoms with Gasteiger partial charge in [-0.25, -0.2) is 4.98 Å². The number of nitrogen functional groups attached to an aromatic ring is 1. The Hall–Kier alpha value is -1.19. The van der Waals surface area contributed by atoms with Crippen molar-refractivity contribution in [1.29, 1.82) is 0 Å². The number of aryl methyl sites for hydroxylation is 1. The van der Waals surface area contributed by atoms with Gasteiger partial charge in [0, 0.05) is 0 Å². The summed E-state index contributed by atoms with van der Waals surface area (Å²) >= 11 is 0. The zero-order valence-corrected chi connectivity index (χ0v) is 8.53. The second-order valence-electron chi connectivity index (χ2n) is 3.96. The standard InChI is InChI=1S/C10H16N4/c1-2-3-7-4-5-8-9(6-7)13-14-10(11)12-8/h7H,2-6H2,1H3,(H2,11,12,14). The van der Waals surface area contributed by atoms with E-state index in [9.17, 15) is 0 Å². The van der Waals surface area contributed by atoms with Crippen molar-refractivity contribution in [2.24, 2.45) is 5.92 Å². The van der Waals surface area contributed by atoms with Crippen LogP contribution < -0.4 is 5.73 Å². The Morgan fingerprint density at radius 3 is 3.00 bits per heavy atom. The van der Waals surface area contributed by atoms with E-state index in [0.29, 0.717) is 5.95 Å². The number of rotatable bonds is 2. The predicted molar refractivity (Wildman–Crippen MR) is 54.7 cm³/mol. The molecule has 76 valence electrons. The molecule has 0 saturated carbocycles. The van der Waals surface area contributed by atoms with E-state index >= 15 is 0 Å². The van der Waals surface area contributed by atoms with Gasteiger partial charge in [0.2, 0.25) is 5.95 Å². The minimum absolute atomic E-state index is 0.303. The van der Waals surface area contributed by atoms with Gasteiger partial charge >= 0.3 is 0 Å². The smallest absolute Gasteiger partial charge is 0.240 e. The SMILES string of the molecule is CCCC1CCc2nc(N)nnc2C1. The van der Waals surface area contributed by atoms with Gasteiger partial charge in [0.25, 0.3) is 0 Å². The van der Waals surface area contributed by atoms with Crippen LogP contribution in [0.1, 0.15) is 37.6 Å². The molecule has 0 aliphatic heterocycles. The lowest BCUT2D eigenvalue weighted by atomic mass is 9.86. The molecule has 4 nitrogen and oxygen atoms in total. The summed E-state index contributed by atoms with van der Waals surface area (Å²) in [7, 11) is 0. The van der Waals surface area contributed by atoms with E-state index in [1.807, 2.05) is 0 Å². The number of aromatic nitrogens is 3. The van der Waals surface area contributed by atoms with Gasteiger partial charge in [-0.15, -0.1) is 10.2 Å². The molecule has 0 amide bonds. The molecule has 0 saturated heterocycles. The van der Waals surface area contributed by atoms with E-state index in [0.717, 1.165) is 30.1 Å². The maximum absolute atomic E-state index is 5.49. The maximum Gasteiger partial charge on any atom is 0.240 e. The van der Waals surface area contributed by atoms with Crippen LogP contribution in [0.15, 0.2) is 0 Å². The van der Waals surface area contributed by atoms with Crippen molar-refractivity contribution in [1.82, 2.24) is 15.2 Å². The lowest BCUT2D eigenvalue weighted by Gasteiger charge is -2.21. The lowest BCUT2D eigenvalue weighted by molar-refractivity contribution is 0.409. The molecule has 14 heavy (non-hydrogen) atoms. The summed E-state index contributed by atoms with van der Waals surface area (Å²) in [5, 5.41) is 7.92. The third-order valence-electron chi connectivity index (χ3n) is 2.82. The molecule has 1 heterocycles. The van der Waals surface area contributed by atoms with Gasteiger partial charge in [-0.3, -0.25) is 0 Å². The average Bonchev–Trinajstić information content (AvgIpc) is 2.19. The Morgan fingerprint density at radius 1 is 1.36 bits per heavy atom. The summed E-state index contributed by atoms with van der Waals surface area (Å²) < 4.78 is 0. The molecule has 1 aliphatic carbocycles. The number of nitrogens with zero attached hydrogens (tertiary/aromatic N) is 3. The van der Waals surface area contributed by atoms with Crippen LogP contribution in [0.3, 0.4) is 0 Å². The number of fused-ring (bicyclic) bond motifs is 1. The highest BCUT2D eigenvalue weighted by Crippen LogP contribution is 2.25. The molecule has 2 N–H and O–H groups in total. The molecule has 0 bridgehead atoms. The summed E-state index contributed by atoms with van der Waals surface area (Å²) in [4.78, 5) is 4.21. The summed E-state index contributed by atoms with van der Waals surface area (Å²) in [6.45, 7) is 2.22. The average molecular weight is 192 g/mol. The Kier molecular flexibility index (Phi) is 2.61. The van der Waals surface area contributed by atoms with Gasteiger partial charge in [-0.2, -0.15) is 0 Å². The fourth-order valence-corrected chi connectivity index (χ4v) is 2.12. The number of hydrogen-bond donors (Lipinski definition) is 1. The van der Waals surface area contributed by atoms with E-state index in [4.69, 9.17) is 5.73 Å². The highest BCUT2D eigenvalue weighted by Gasteiger charge is 2.20. The second kappa shape index (κ2) is 3.90. The van der Waals surface area contributed by atoms with E-state index in [1.165, 1.54) is 19.3 Å². The van der Waals surface area contributed by atoms with Gasteiger partial charge in [0.15, 0.2) is 0 Å². The molecule has 0 fully saturated rings. The quantitative estimate of drug-likeness (QED) is 0.768. The van der Waals surface area contributed by atoms with E-state index < -0.39 is 0 Å². The Balaban J connectivity index is 2.15. The fraction of sp³-hybridized carbons (Fsp3) is 0.700. The van der Waals surface area contributed by atoms with E-state index in [2.05, 4.69) is 22.1 Å². The third-order valence-corrected chi connectivity index (χ3v) is 2.82. The first-order chi connectivity index (χ1) is 6.79. The molecular weight excluding hydrogens is 176 g/mol. The van der Waals surface area contributed by atoms with Gasteiger partial charge in [-0.1, -0.05) is 19.8 Å². The summed E-state index contributed by atoms with van der Waals surface area (Å²) in [6, 6.07) is 0. The van der Waals surface area contributed by atoms with Crippen molar-refractivity contribution < 1.29 is 0 Å². The van der Waals surface area contributed by atoms with Crippen LogP contribution in [0.5, 0.6) is 0 Å². The van der Waals surface area contributed by atoms with Crippen molar-refractivity contribution in [3.63, 3.8) is 0 Å². The van der Waals surface area contributed by atoms with E-state index in [-0.39, 0.29) is 0 Å². The highest BCUT2D eigenvalue weighted by atomic mass is 15.2. The summed E-state index contributed by atoms with van der Waals surface area (Å²) in [5.41, 5.74) is 7.61.